The molecule has 0 atom stereocenters. The molecule has 0 saturated heterocycles. The van der Waals surface area contributed by atoms with Crippen LogP contribution in [0.2, 0.25) is 0 Å². The molecule has 9 heteroatoms. The van der Waals surface area contributed by atoms with E-state index in [1.807, 2.05) is 11.3 Å². The van der Waals surface area contributed by atoms with E-state index >= 15 is 0 Å². The van der Waals surface area contributed by atoms with E-state index in [-0.39, 0.29) is 70.4 Å². The Bertz CT molecular complexity index is 4820. The molecule has 710 valence electrons. The maximum atomic E-state index is 5.81. The molecule has 0 bridgehead atoms. The molecule has 1 aliphatic rings. The Kier molecular flexibility index (Phi) is 36.9. The molecule has 8 nitrogen and oxygen atoms in total. The molecular formula is C120H183N7OS. The average Bonchev–Trinajstić information content (AvgIpc) is 1.35. The summed E-state index contributed by atoms with van der Waals surface area (Å²) in [6.45, 7) is 113. The molecule has 0 radical (unpaired) electrons. The smallest absolute Gasteiger partial charge is 0.137 e. The van der Waals surface area contributed by atoms with E-state index in [2.05, 4.69) is 558 Å². The van der Waals surface area contributed by atoms with Crippen molar-refractivity contribution < 1.29 is 4.42 Å². The first kappa shape index (κ1) is 113. The van der Waals surface area contributed by atoms with E-state index in [0.717, 1.165) is 51.8 Å². The SMILES string of the molecule is CC(C)(C)C1=CC=C(C(C)(C)C)C1.CC(C)(C)c1ccc(-c2ccc(C(C)(C)C)cc2)cc1.CC(C)(C)c1ccc(C(C)(C)C)nn1.CC(C)(C)c1ccc(C(C)(C)C)o1.CC(C)(C)c1ccc(C(C)(C)C)s1.CC(C)(C)c1ccccc1-c1ccccc1C(C)(C)C.CC(C)(C)c1nc(C(C)(C)C)nc(C(C)(C)C)n1.CC(C)(C)c1nnc(C(C)(C)C)c2ccccc12. The monoisotopic (exact) mass is 1770 g/mol. The summed E-state index contributed by atoms with van der Waals surface area (Å²) in [6.07, 6.45) is 5.79. The molecule has 0 amide bonds. The zero-order chi connectivity index (χ0) is 99.6. The minimum atomic E-state index is -0.0526. The van der Waals surface area contributed by atoms with Gasteiger partial charge in [0, 0.05) is 69.3 Å². The van der Waals surface area contributed by atoms with E-state index in [1.165, 1.54) is 71.5 Å². The van der Waals surface area contributed by atoms with Gasteiger partial charge < -0.3 is 4.42 Å². The van der Waals surface area contributed by atoms with Crippen molar-refractivity contribution in [1.82, 2.24) is 35.3 Å². The van der Waals surface area contributed by atoms with Gasteiger partial charge in [0.1, 0.15) is 29.0 Å². The number of rotatable bonds is 2. The molecule has 0 saturated carbocycles. The topological polar surface area (TPSA) is 103 Å². The standard InChI is InChI=1S/2C20H26.C16H22N2.C15H27N3.C13H22.C12H20N2.C12H20O.C12H20S/c1-19(2,3)17-11-7-15(8-12-17)16-9-13-18(14-10-16)20(4,5)6;1-19(2,3)17-13-9-7-11-15(17)16-12-8-10-14-18(16)20(4,5)6;1-15(2,3)13-11-9-7-8-10-12(11)14(18-17-13)16(4,5)6;1-13(2,3)10-16-11(14(4,5)6)18-12(17-10)15(7,8)9;1-12(2,3)10-7-8-11(9-10)13(4,5)6;1-11(2,3)9-7-8-10(14-13-9)12(4,5)6;2*1-11(2,3)9-7-8-10(13-9)12(4,5)6/h2*7-14H,1-6H3;7-10H,1-6H3;1-9H3;7-8H,9H2,1-6H3;7-8H,1-6H3;2*7-8H,1-6H3. The molecule has 5 heterocycles. The Labute approximate surface area is 795 Å². The number of aromatic nitrogens is 7. The average molecular weight is 1770 g/mol. The normalized spacial score (nSPS) is 13.6. The van der Waals surface area contributed by atoms with Crippen molar-refractivity contribution in [3.8, 4) is 22.3 Å². The van der Waals surface area contributed by atoms with Gasteiger partial charge in [0.05, 0.1) is 22.8 Å². The summed E-state index contributed by atoms with van der Waals surface area (Å²) in [7, 11) is 0. The van der Waals surface area contributed by atoms with Gasteiger partial charge in [-0.25, -0.2) is 15.0 Å². The Morgan fingerprint density at radius 3 is 0.690 bits per heavy atom. The van der Waals surface area contributed by atoms with Crippen molar-refractivity contribution in [3.63, 3.8) is 0 Å². The lowest BCUT2D eigenvalue weighted by Gasteiger charge is -2.27. The predicted molar refractivity (Wildman–Crippen MR) is 568 cm³/mol. The van der Waals surface area contributed by atoms with Gasteiger partial charge in [-0.15, -0.1) is 11.3 Å². The Hall–Kier alpha value is -8.01. The summed E-state index contributed by atoms with van der Waals surface area (Å²) >= 11 is 1.95. The summed E-state index contributed by atoms with van der Waals surface area (Å²) in [5, 5.41) is 20.0. The van der Waals surface area contributed by atoms with Gasteiger partial charge in [0.25, 0.3) is 0 Å². The minimum Gasteiger partial charge on any atom is -0.465 e. The van der Waals surface area contributed by atoms with E-state index in [9.17, 15) is 0 Å². The van der Waals surface area contributed by atoms with E-state index in [0.29, 0.717) is 21.7 Å². The van der Waals surface area contributed by atoms with Crippen LogP contribution in [0.4, 0.5) is 0 Å². The zero-order valence-electron chi connectivity index (χ0n) is 91.8. The van der Waals surface area contributed by atoms with Gasteiger partial charge in [-0.05, 0) is 131 Å². The largest absolute Gasteiger partial charge is 0.465 e. The summed E-state index contributed by atoms with van der Waals surface area (Å²) in [6, 6.07) is 56.8. The Morgan fingerprint density at radius 1 is 0.225 bits per heavy atom. The molecule has 5 aromatic carbocycles. The van der Waals surface area contributed by atoms with Crippen LogP contribution in [0.5, 0.6) is 0 Å². The number of thiophene rings is 1. The number of hydrogen-bond acceptors (Lipinski definition) is 9. The van der Waals surface area contributed by atoms with Crippen molar-refractivity contribution in [2.75, 3.05) is 0 Å². The number of fused-ring (bicyclic) bond motifs is 1. The molecule has 10 aromatic rings. The summed E-state index contributed by atoms with van der Waals surface area (Å²) in [4.78, 5) is 17.0. The fourth-order valence-corrected chi connectivity index (χ4v) is 14.8. The highest BCUT2D eigenvalue weighted by Gasteiger charge is 2.33. The maximum absolute atomic E-state index is 5.81. The molecule has 0 spiro atoms. The quantitative estimate of drug-likeness (QED) is 0.169. The second kappa shape index (κ2) is 42.1. The number of hydrogen-bond donors (Lipinski definition) is 0. The second-order valence-electron chi connectivity index (χ2n) is 53.4. The molecule has 0 fully saturated rings. The first-order chi connectivity index (χ1) is 57.8. The summed E-state index contributed by atoms with van der Waals surface area (Å²) in [5.74, 6) is 4.78. The van der Waals surface area contributed by atoms with Crippen LogP contribution in [0, 0.1) is 10.8 Å². The predicted octanol–water partition coefficient (Wildman–Crippen LogP) is 35.5. The Balaban J connectivity index is 0.000000311. The minimum absolute atomic E-state index is 0.0169. The van der Waals surface area contributed by atoms with Crippen molar-refractivity contribution in [1.29, 1.82) is 0 Å². The molecule has 0 N–H and O–H groups in total. The zero-order valence-corrected chi connectivity index (χ0v) is 92.6. The summed E-state index contributed by atoms with van der Waals surface area (Å²) < 4.78 is 5.81. The van der Waals surface area contributed by atoms with Crippen LogP contribution in [-0.4, -0.2) is 35.3 Å². The van der Waals surface area contributed by atoms with E-state index in [1.54, 1.807) is 11.1 Å². The molecule has 0 aliphatic heterocycles. The fourth-order valence-electron chi connectivity index (χ4n) is 13.6. The Morgan fingerprint density at radius 2 is 0.496 bits per heavy atom. The molecular weight excluding hydrogens is 1590 g/mol. The van der Waals surface area contributed by atoms with Crippen LogP contribution < -0.4 is 0 Å². The van der Waals surface area contributed by atoms with Gasteiger partial charge in [-0.3, -0.25) is 0 Å². The van der Waals surface area contributed by atoms with Crippen molar-refractivity contribution >= 4 is 22.1 Å². The second-order valence-corrected chi connectivity index (χ2v) is 54.5. The molecule has 1 aliphatic carbocycles. The first-order valence-corrected chi connectivity index (χ1v) is 48.5. The fraction of sp³-hybridized carbons (Fsp3) is 0.575. The highest BCUT2D eigenvalue weighted by Crippen LogP contribution is 2.44. The number of benzene rings is 5. The number of nitrogens with zero attached hydrogens (tertiary/aromatic N) is 7. The van der Waals surface area contributed by atoms with Gasteiger partial charge in [-0.2, -0.15) is 20.4 Å². The van der Waals surface area contributed by atoms with Gasteiger partial charge >= 0.3 is 0 Å². The third kappa shape index (κ3) is 35.5. The van der Waals surface area contributed by atoms with Gasteiger partial charge in [0.15, 0.2) is 0 Å². The molecule has 129 heavy (non-hydrogen) atoms. The highest BCUT2D eigenvalue weighted by molar-refractivity contribution is 7.12. The van der Waals surface area contributed by atoms with Crippen LogP contribution >= 0.6 is 11.3 Å². The lowest BCUT2D eigenvalue weighted by atomic mass is 9.77. The lowest BCUT2D eigenvalue weighted by Crippen LogP contribution is -2.28. The van der Waals surface area contributed by atoms with Gasteiger partial charge in [0.2, 0.25) is 0 Å². The van der Waals surface area contributed by atoms with Crippen LogP contribution in [0.3, 0.4) is 0 Å². The van der Waals surface area contributed by atoms with Crippen LogP contribution in [-0.2, 0) is 81.2 Å². The van der Waals surface area contributed by atoms with E-state index < -0.39 is 0 Å². The van der Waals surface area contributed by atoms with Gasteiger partial charge in [-0.1, -0.05) is 498 Å². The summed E-state index contributed by atoms with van der Waals surface area (Å²) in [5.41, 5.74) is 20.6. The maximum Gasteiger partial charge on any atom is 0.137 e. The molecule has 5 aromatic heterocycles. The highest BCUT2D eigenvalue weighted by atomic mass is 32.1. The number of furan rings is 1. The van der Waals surface area contributed by atoms with Crippen LogP contribution in [0.15, 0.2) is 185 Å². The first-order valence-electron chi connectivity index (χ1n) is 47.7. The van der Waals surface area contributed by atoms with Crippen LogP contribution in [0.1, 0.15) is 443 Å². The molecule has 11 rings (SSSR count). The molecule has 0 unspecified atom stereocenters. The number of allylic oxidation sites excluding steroid dienone is 4. The van der Waals surface area contributed by atoms with Crippen molar-refractivity contribution in [2.24, 2.45) is 10.8 Å². The third-order valence-corrected chi connectivity index (χ3v) is 24.5. The van der Waals surface area contributed by atoms with Crippen molar-refractivity contribution in [2.45, 2.75) is 441 Å². The van der Waals surface area contributed by atoms with E-state index in [4.69, 9.17) is 4.42 Å². The third-order valence-electron chi connectivity index (χ3n) is 22.5. The van der Waals surface area contributed by atoms with Crippen LogP contribution in [0.25, 0.3) is 33.0 Å². The lowest BCUT2D eigenvalue weighted by molar-refractivity contribution is 0.344. The van der Waals surface area contributed by atoms with Crippen molar-refractivity contribution in [3.05, 3.63) is 265 Å².